The molecule has 16 nitrogen and oxygen atoms in total. The molecule has 4 aliphatic rings. The van der Waals surface area contributed by atoms with Crippen LogP contribution in [0.25, 0.3) is 33.3 Å². The number of likely N-dealkylation sites (N-methyl/N-ethyl adjacent to an activating group) is 1. The second-order valence-electron chi connectivity index (χ2n) is 22.0. The number of aryl methyl sites for hydroxylation is 1. The van der Waals surface area contributed by atoms with Crippen LogP contribution in [-0.2, 0) is 57.6 Å². The van der Waals surface area contributed by atoms with Gasteiger partial charge in [0.1, 0.15) is 12.1 Å². The lowest BCUT2D eigenvalue weighted by Crippen LogP contribution is -2.59. The third-order valence-electron chi connectivity index (χ3n) is 15.6. The zero-order chi connectivity index (χ0) is 53.6. The van der Waals surface area contributed by atoms with E-state index in [9.17, 15) is 24.0 Å². The van der Waals surface area contributed by atoms with E-state index in [1.165, 1.54) is 11.8 Å². The maximum atomic E-state index is 14.6. The van der Waals surface area contributed by atoms with E-state index in [0.717, 1.165) is 82.3 Å². The number of ether oxygens (including phenoxy) is 3. The monoisotopic (exact) mass is 1030 g/mol. The van der Waals surface area contributed by atoms with Crippen LogP contribution in [0.3, 0.4) is 0 Å². The average Bonchev–Trinajstić information content (AvgIpc) is 4.16. The molecule has 4 aliphatic heterocycles. The quantitative estimate of drug-likeness (QED) is 0.0867. The average molecular weight is 1030 g/mol. The number of hydrazine groups is 1. The van der Waals surface area contributed by atoms with Gasteiger partial charge in [-0.3, -0.25) is 38.9 Å². The van der Waals surface area contributed by atoms with Crippen molar-refractivity contribution in [1.82, 2.24) is 40.0 Å². The van der Waals surface area contributed by atoms with E-state index in [-0.39, 0.29) is 61.3 Å². The summed E-state index contributed by atoms with van der Waals surface area (Å²) >= 11 is 0. The number of likely N-dealkylation sites (tertiary alicyclic amines) is 1. The SMILES string of the molecule is CCn1c(-c2cccnc2[C@H](C)OC)c(CC(C)(C)COC(C)=O)c2cc(-c3cccc(C[C@H](NC(=O)[C@H](C(C)C)N(C)C(=O)[C@H]4CCN(C(=O)C#C[C@H]5CC[C@@H]6COCCN65)C4)C(=O)N4CCCCN4)c3)ccc21. The Balaban J connectivity index is 1.04. The molecule has 2 aromatic carbocycles. The molecule has 2 N–H and O–H groups in total. The topological polar surface area (TPSA) is 168 Å². The lowest BCUT2D eigenvalue weighted by Gasteiger charge is -2.35. The molecule has 0 bridgehead atoms. The number of rotatable bonds is 17. The molecule has 0 unspecified atom stereocenters. The zero-order valence-electron chi connectivity index (χ0n) is 45.6. The van der Waals surface area contributed by atoms with Gasteiger partial charge in [-0.2, -0.15) is 0 Å². The molecular weight excluding hydrogens is 949 g/mol. The number of aromatic nitrogens is 2. The number of nitrogens with zero attached hydrogens (tertiary/aromatic N) is 6. The van der Waals surface area contributed by atoms with Crippen molar-refractivity contribution in [3.8, 4) is 34.2 Å². The van der Waals surface area contributed by atoms with E-state index >= 15 is 0 Å². The van der Waals surface area contributed by atoms with Gasteiger partial charge in [-0.15, -0.1) is 0 Å². The van der Waals surface area contributed by atoms with Crippen molar-refractivity contribution in [3.63, 3.8) is 0 Å². The molecule has 6 heterocycles. The van der Waals surface area contributed by atoms with Gasteiger partial charge >= 0.3 is 5.97 Å². The molecule has 8 rings (SSSR count). The third kappa shape index (κ3) is 12.6. The highest BCUT2D eigenvalue weighted by molar-refractivity contribution is 5.97. The molecule has 4 amide bonds. The Labute approximate surface area is 443 Å². The van der Waals surface area contributed by atoms with Gasteiger partial charge in [0.25, 0.3) is 11.8 Å². The van der Waals surface area contributed by atoms with E-state index in [1.54, 1.807) is 30.3 Å². The van der Waals surface area contributed by atoms with Crippen molar-refractivity contribution in [2.45, 2.75) is 130 Å². The molecule has 75 heavy (non-hydrogen) atoms. The number of amides is 4. The lowest BCUT2D eigenvalue weighted by molar-refractivity contribution is -0.146. The van der Waals surface area contributed by atoms with Crippen LogP contribution in [0.2, 0.25) is 0 Å². The summed E-state index contributed by atoms with van der Waals surface area (Å²) in [4.78, 5) is 79.1. The van der Waals surface area contributed by atoms with Gasteiger partial charge in [-0.25, -0.2) is 5.43 Å². The molecule has 16 heteroatoms. The van der Waals surface area contributed by atoms with Gasteiger partial charge in [0.05, 0.1) is 49.3 Å². The Morgan fingerprint density at radius 2 is 1.79 bits per heavy atom. The number of methoxy groups -OCH3 is 1. The van der Waals surface area contributed by atoms with Gasteiger partial charge in [0.15, 0.2) is 0 Å². The number of esters is 1. The molecule has 0 saturated carbocycles. The largest absolute Gasteiger partial charge is 0.465 e. The molecule has 6 atom stereocenters. The van der Waals surface area contributed by atoms with Crippen molar-refractivity contribution >= 4 is 40.5 Å². The lowest BCUT2D eigenvalue weighted by atomic mass is 9.84. The van der Waals surface area contributed by atoms with Crippen LogP contribution in [0.15, 0.2) is 60.8 Å². The molecule has 0 aliphatic carbocycles. The van der Waals surface area contributed by atoms with Crippen molar-refractivity contribution in [1.29, 1.82) is 0 Å². The Hall–Kier alpha value is -6.12. The minimum atomic E-state index is -0.938. The number of carbonyl (C=O) groups is 5. The number of carbonyl (C=O) groups excluding carboxylic acids is 5. The number of nitrogens with one attached hydrogen (secondary N) is 2. The highest BCUT2D eigenvalue weighted by atomic mass is 16.5. The van der Waals surface area contributed by atoms with E-state index in [4.69, 9.17) is 19.2 Å². The summed E-state index contributed by atoms with van der Waals surface area (Å²) in [5, 5.41) is 5.81. The van der Waals surface area contributed by atoms with Crippen LogP contribution < -0.4 is 10.7 Å². The van der Waals surface area contributed by atoms with Gasteiger partial charge in [-0.05, 0) is 111 Å². The smallest absolute Gasteiger partial charge is 0.302 e. The predicted octanol–water partition coefficient (Wildman–Crippen LogP) is 6.58. The van der Waals surface area contributed by atoms with Crippen molar-refractivity contribution in [2.75, 3.05) is 66.7 Å². The standard InChI is InChI=1S/C59H78N8O8/c1-10-65-51-22-18-43(33-48(51)49(34-59(6,7)37-75-40(5)68)55(65)47-17-14-25-60-53(47)39(4)73-9)42-16-13-15-41(31-42)32-50(58(72)67-27-12-11-26-61-67)62-56(70)54(38(2)3)63(8)57(71)44-24-28-64(35-44)52(69)23-21-45-19-20-46-36-74-30-29-66(45)46/h13-18,22,25,31,33,38-39,44-46,50,54,61H,10-12,19-20,24,26-30,32,34-37H2,1-9H3,(H,62,70)/t39-,44-,45+,46+,50-,54-/m0/s1. The third-order valence-corrected chi connectivity index (χ3v) is 15.6. The molecule has 2 aromatic heterocycles. The molecule has 4 fully saturated rings. The summed E-state index contributed by atoms with van der Waals surface area (Å²) in [6.45, 7) is 18.5. The van der Waals surface area contributed by atoms with Crippen molar-refractivity contribution < 1.29 is 38.2 Å². The first-order valence-electron chi connectivity index (χ1n) is 27.1. The van der Waals surface area contributed by atoms with Gasteiger partial charge < -0.3 is 33.9 Å². The fourth-order valence-corrected chi connectivity index (χ4v) is 11.7. The number of fused-ring (bicyclic) bond motifs is 2. The first-order valence-corrected chi connectivity index (χ1v) is 27.1. The van der Waals surface area contributed by atoms with Crippen LogP contribution in [0.4, 0.5) is 0 Å². The Kier molecular flexibility index (Phi) is 17.8. The van der Waals surface area contributed by atoms with Gasteiger partial charge in [0.2, 0.25) is 11.8 Å². The van der Waals surface area contributed by atoms with Gasteiger partial charge in [0, 0.05) is 101 Å². The van der Waals surface area contributed by atoms with E-state index in [0.29, 0.717) is 58.3 Å². The first kappa shape index (κ1) is 55.1. The number of pyridine rings is 1. The van der Waals surface area contributed by atoms with E-state index < -0.39 is 29.3 Å². The Morgan fingerprint density at radius 3 is 2.52 bits per heavy atom. The zero-order valence-corrected chi connectivity index (χ0v) is 45.6. The Morgan fingerprint density at radius 1 is 0.987 bits per heavy atom. The summed E-state index contributed by atoms with van der Waals surface area (Å²) in [6, 6.07) is 17.2. The summed E-state index contributed by atoms with van der Waals surface area (Å²) in [5.74, 6) is 3.86. The maximum absolute atomic E-state index is 14.6. The summed E-state index contributed by atoms with van der Waals surface area (Å²) in [6.07, 6.45) is 6.51. The summed E-state index contributed by atoms with van der Waals surface area (Å²) in [5.41, 5.74) is 10.6. The normalized spacial score (nSPS) is 20.3. The first-order chi connectivity index (χ1) is 36.0. The maximum Gasteiger partial charge on any atom is 0.302 e. The number of hydrogen-bond acceptors (Lipinski definition) is 11. The number of benzene rings is 2. The number of morpholine rings is 1. The molecule has 4 saturated heterocycles. The fourth-order valence-electron chi connectivity index (χ4n) is 11.7. The molecular formula is C59H78N8O8. The molecule has 0 spiro atoms. The highest BCUT2D eigenvalue weighted by Gasteiger charge is 2.40. The second kappa shape index (κ2) is 24.3. The van der Waals surface area contributed by atoms with E-state index in [2.05, 4.69) is 89.2 Å². The van der Waals surface area contributed by atoms with Crippen LogP contribution >= 0.6 is 0 Å². The highest BCUT2D eigenvalue weighted by Crippen LogP contribution is 2.42. The molecule has 4 aromatic rings. The van der Waals surface area contributed by atoms with Gasteiger partial charge in [-0.1, -0.05) is 63.9 Å². The predicted molar refractivity (Wildman–Crippen MR) is 289 cm³/mol. The minimum absolute atomic E-state index is 0.0331. The summed E-state index contributed by atoms with van der Waals surface area (Å²) in [7, 11) is 3.34. The van der Waals surface area contributed by atoms with Crippen molar-refractivity contribution in [2.24, 2.45) is 17.3 Å². The summed E-state index contributed by atoms with van der Waals surface area (Å²) < 4.78 is 19.4. The molecule has 0 radical (unpaired) electrons. The van der Waals surface area contributed by atoms with Crippen molar-refractivity contribution in [3.05, 3.63) is 77.6 Å². The van der Waals surface area contributed by atoms with Crippen LogP contribution in [0, 0.1) is 29.1 Å². The second-order valence-corrected chi connectivity index (χ2v) is 22.0. The van der Waals surface area contributed by atoms with Crippen LogP contribution in [0.1, 0.15) is 103 Å². The fraction of sp³-hybridized carbons (Fsp3) is 0.559. The number of hydrogen-bond donors (Lipinski definition) is 2. The van der Waals surface area contributed by atoms with Crippen LogP contribution in [0.5, 0.6) is 0 Å². The molecule has 402 valence electrons. The van der Waals surface area contributed by atoms with Crippen LogP contribution in [-0.4, -0.2) is 150 Å². The Bertz CT molecular complexity index is 2790. The minimum Gasteiger partial charge on any atom is -0.465 e. The van der Waals surface area contributed by atoms with E-state index in [1.807, 2.05) is 39.0 Å².